The van der Waals surface area contributed by atoms with Crippen LogP contribution in [0.4, 0.5) is 0 Å². The molecule has 2 unspecified atom stereocenters. The minimum Gasteiger partial charge on any atom is -0.394 e. The summed E-state index contributed by atoms with van der Waals surface area (Å²) in [7, 11) is 0. The molecule has 0 aliphatic heterocycles. The lowest BCUT2D eigenvalue weighted by molar-refractivity contribution is -0.123. The predicted molar refractivity (Wildman–Crippen MR) is 271 cm³/mol. The highest BCUT2D eigenvalue weighted by atomic mass is 16.3. The molecule has 0 radical (unpaired) electrons. The van der Waals surface area contributed by atoms with E-state index >= 15 is 0 Å². The van der Waals surface area contributed by atoms with E-state index < -0.39 is 12.1 Å². The average Bonchev–Trinajstić information content (AvgIpc) is 3.26. The van der Waals surface area contributed by atoms with Crippen molar-refractivity contribution in [3.8, 4) is 0 Å². The normalized spacial score (nSPS) is 14.5. The van der Waals surface area contributed by atoms with Crippen molar-refractivity contribution in [2.24, 2.45) is 0 Å². The second-order valence-electron chi connectivity index (χ2n) is 15.1. The molecule has 61 heavy (non-hydrogen) atoms. The van der Waals surface area contributed by atoms with E-state index in [0.717, 1.165) is 128 Å². The van der Waals surface area contributed by atoms with Crippen molar-refractivity contribution in [3.05, 3.63) is 170 Å². The van der Waals surface area contributed by atoms with Crippen LogP contribution in [-0.4, -0.2) is 34.9 Å². The van der Waals surface area contributed by atoms with Gasteiger partial charge in [-0.2, -0.15) is 0 Å². The maximum Gasteiger partial charge on any atom is 0.220 e. The molecule has 0 aromatic heterocycles. The fraction of sp³-hybridized carbons (Fsp3) is 0.491. The quantitative estimate of drug-likeness (QED) is 0.0425. The molecule has 2 atom stereocenters. The number of allylic oxidation sites excluding steroid dienone is 27. The molecule has 4 nitrogen and oxygen atoms in total. The van der Waals surface area contributed by atoms with Gasteiger partial charge in [0.15, 0.2) is 0 Å². The second kappa shape index (κ2) is 50.1. The van der Waals surface area contributed by atoms with Crippen LogP contribution in [0.5, 0.6) is 0 Å². The number of hydrogen-bond donors (Lipinski definition) is 3. The van der Waals surface area contributed by atoms with Crippen LogP contribution in [0.1, 0.15) is 162 Å². The zero-order chi connectivity index (χ0) is 44.2. The lowest BCUT2D eigenvalue weighted by Crippen LogP contribution is -2.45. The first-order chi connectivity index (χ1) is 30.2. The molecule has 0 fully saturated rings. The van der Waals surface area contributed by atoms with E-state index in [-0.39, 0.29) is 12.5 Å². The van der Waals surface area contributed by atoms with E-state index in [4.69, 9.17) is 0 Å². The topological polar surface area (TPSA) is 69.6 Å². The van der Waals surface area contributed by atoms with E-state index in [9.17, 15) is 15.0 Å². The van der Waals surface area contributed by atoms with Crippen molar-refractivity contribution in [2.45, 2.75) is 174 Å². The fourth-order valence-corrected chi connectivity index (χ4v) is 5.80. The van der Waals surface area contributed by atoms with Crippen molar-refractivity contribution >= 4 is 5.91 Å². The van der Waals surface area contributed by atoms with Crippen molar-refractivity contribution in [3.63, 3.8) is 0 Å². The maximum atomic E-state index is 12.3. The third kappa shape index (κ3) is 46.7. The second-order valence-corrected chi connectivity index (χ2v) is 15.1. The van der Waals surface area contributed by atoms with Crippen LogP contribution in [-0.2, 0) is 4.79 Å². The summed E-state index contributed by atoms with van der Waals surface area (Å²) in [6.07, 6.45) is 83.5. The highest BCUT2D eigenvalue weighted by molar-refractivity contribution is 5.76. The van der Waals surface area contributed by atoms with Crippen LogP contribution in [0.2, 0.25) is 0 Å². The van der Waals surface area contributed by atoms with E-state index in [1.165, 1.54) is 12.8 Å². The summed E-state index contributed by atoms with van der Waals surface area (Å²) >= 11 is 0. The van der Waals surface area contributed by atoms with Gasteiger partial charge in [0.2, 0.25) is 5.91 Å². The van der Waals surface area contributed by atoms with Crippen molar-refractivity contribution in [2.75, 3.05) is 6.61 Å². The third-order valence-electron chi connectivity index (χ3n) is 9.43. The molecule has 0 saturated heterocycles. The van der Waals surface area contributed by atoms with Crippen LogP contribution < -0.4 is 5.32 Å². The molecule has 0 aliphatic rings. The molecule has 4 heteroatoms. The minimum absolute atomic E-state index is 0.112. The first-order valence-corrected chi connectivity index (χ1v) is 23.8. The minimum atomic E-state index is -0.882. The number of nitrogens with one attached hydrogen (secondary N) is 1. The summed E-state index contributed by atoms with van der Waals surface area (Å²) in [6, 6.07) is -0.662. The number of amides is 1. The Morgan fingerprint density at radius 3 is 1.13 bits per heavy atom. The monoisotopic (exact) mass is 834 g/mol. The lowest BCUT2D eigenvalue weighted by Gasteiger charge is -2.19. The first-order valence-electron chi connectivity index (χ1n) is 23.8. The van der Waals surface area contributed by atoms with Crippen molar-refractivity contribution in [1.82, 2.24) is 5.32 Å². The number of aliphatic hydroxyl groups excluding tert-OH is 2. The molecule has 1 amide bonds. The van der Waals surface area contributed by atoms with Crippen LogP contribution >= 0.6 is 0 Å². The van der Waals surface area contributed by atoms with Gasteiger partial charge in [-0.15, -0.1) is 0 Å². The van der Waals surface area contributed by atoms with Crippen LogP contribution in [0.25, 0.3) is 0 Å². The third-order valence-corrected chi connectivity index (χ3v) is 9.43. The van der Waals surface area contributed by atoms with E-state index in [0.29, 0.717) is 6.42 Å². The average molecular weight is 834 g/mol. The molecule has 0 saturated carbocycles. The Hall–Kier alpha value is -4.25. The van der Waals surface area contributed by atoms with E-state index in [1.54, 1.807) is 6.08 Å². The van der Waals surface area contributed by atoms with Gasteiger partial charge in [0.05, 0.1) is 18.8 Å². The fourth-order valence-electron chi connectivity index (χ4n) is 5.80. The zero-order valence-electron chi connectivity index (χ0n) is 38.6. The molecule has 0 heterocycles. The molecule has 0 aromatic rings. The Balaban J connectivity index is 3.73. The standard InChI is InChI=1S/C57H87NO3/c1-3-5-7-9-11-13-14-15-16-17-18-19-20-21-22-23-24-25-26-27-28-29-30-31-32-33-34-35-36-37-38-39-40-41-42-43-44-45-47-49-51-53-57(61)58-55(54-59)56(60)52-50-48-46-12-10-8-6-4-2/h5,7,10-13,15-16,18-19,21-22,24-25,27-28,30-31,33-34,36-37,39-40,42-43,50,52,55-56,59-60H,3-4,6,8-9,14,17,20,23,26,29,32,35,38,41,44-49,51,53-54H2,1-2H3,(H,58,61)/b7-5-,12-10+,13-11-,16-15-,19-18-,22-21-,25-24-,28-27-,31-30-,34-33-,37-36-,40-39-,43-42-,52-50+. The number of carbonyl (C=O) groups excluding carboxylic acids is 1. The van der Waals surface area contributed by atoms with Gasteiger partial charge in [0.1, 0.15) is 0 Å². The number of carbonyl (C=O) groups is 1. The number of aliphatic hydroxyl groups is 2. The van der Waals surface area contributed by atoms with Gasteiger partial charge in [0, 0.05) is 6.42 Å². The Morgan fingerprint density at radius 2 is 0.738 bits per heavy atom. The summed E-state index contributed by atoms with van der Waals surface area (Å²) < 4.78 is 0. The van der Waals surface area contributed by atoms with Crippen molar-refractivity contribution in [1.29, 1.82) is 0 Å². The van der Waals surface area contributed by atoms with Gasteiger partial charge in [-0.25, -0.2) is 0 Å². The van der Waals surface area contributed by atoms with Crippen LogP contribution in [0, 0.1) is 0 Å². The lowest BCUT2D eigenvalue weighted by atomic mass is 10.1. The van der Waals surface area contributed by atoms with Crippen LogP contribution in [0.15, 0.2) is 170 Å². The Kier molecular flexibility index (Phi) is 46.6. The molecule has 0 spiro atoms. The molecule has 0 rings (SSSR count). The predicted octanol–water partition coefficient (Wildman–Crippen LogP) is 15.6. The largest absolute Gasteiger partial charge is 0.394 e. The highest BCUT2D eigenvalue weighted by Gasteiger charge is 2.17. The number of unbranched alkanes of at least 4 members (excludes halogenated alkanes) is 7. The zero-order valence-corrected chi connectivity index (χ0v) is 38.6. The Morgan fingerprint density at radius 1 is 0.410 bits per heavy atom. The van der Waals surface area contributed by atoms with E-state index in [1.807, 2.05) is 6.08 Å². The van der Waals surface area contributed by atoms with Gasteiger partial charge in [-0.05, 0) is 116 Å². The summed E-state index contributed by atoms with van der Waals surface area (Å²) in [6.45, 7) is 4.07. The SMILES string of the molecule is CC/C=C\C/C=C\C/C=C\C/C=C\C/C=C\C/C=C\C/C=C\C/C=C\C/C=C\C/C=C\C/C=C\C/C=C\CCCCCCC(=O)NC(CO)C(O)/C=C/CC/C=C/CCCC. The summed E-state index contributed by atoms with van der Waals surface area (Å²) in [5.74, 6) is -0.112. The molecule has 338 valence electrons. The molecular formula is C57H87NO3. The molecule has 0 aliphatic carbocycles. The van der Waals surface area contributed by atoms with Gasteiger partial charge < -0.3 is 15.5 Å². The summed E-state index contributed by atoms with van der Waals surface area (Å²) in [5, 5.41) is 22.8. The molecule has 3 N–H and O–H groups in total. The smallest absolute Gasteiger partial charge is 0.220 e. The van der Waals surface area contributed by atoms with Gasteiger partial charge in [0.25, 0.3) is 0 Å². The molecule has 0 aromatic carbocycles. The van der Waals surface area contributed by atoms with Gasteiger partial charge in [-0.3, -0.25) is 4.79 Å². The highest BCUT2D eigenvalue weighted by Crippen LogP contribution is 2.08. The number of rotatable bonds is 40. The van der Waals surface area contributed by atoms with Gasteiger partial charge >= 0.3 is 0 Å². The Bertz CT molecular complexity index is 1410. The Labute approximate surface area is 375 Å². The maximum absolute atomic E-state index is 12.3. The first kappa shape index (κ1) is 56.8. The van der Waals surface area contributed by atoms with Gasteiger partial charge in [-0.1, -0.05) is 210 Å². The molecular weight excluding hydrogens is 747 g/mol. The van der Waals surface area contributed by atoms with Crippen LogP contribution in [0.3, 0.4) is 0 Å². The molecule has 0 bridgehead atoms. The van der Waals surface area contributed by atoms with Crippen molar-refractivity contribution < 1.29 is 15.0 Å². The van der Waals surface area contributed by atoms with E-state index in [2.05, 4.69) is 177 Å². The number of hydrogen-bond acceptors (Lipinski definition) is 3. The summed E-state index contributed by atoms with van der Waals surface area (Å²) in [5.41, 5.74) is 0. The summed E-state index contributed by atoms with van der Waals surface area (Å²) in [4.78, 5) is 12.3.